The predicted octanol–water partition coefficient (Wildman–Crippen LogP) is 0.940. The van der Waals surface area contributed by atoms with Crippen LogP contribution in [-0.4, -0.2) is 59.2 Å². The van der Waals surface area contributed by atoms with Crippen molar-refractivity contribution in [2.75, 3.05) is 26.2 Å². The second kappa shape index (κ2) is 7.51. The lowest BCUT2D eigenvalue weighted by Gasteiger charge is -2.25. The minimum atomic E-state index is -2.51. The summed E-state index contributed by atoms with van der Waals surface area (Å²) in [4.78, 5) is 14.0. The molecule has 0 saturated carbocycles. The summed E-state index contributed by atoms with van der Waals surface area (Å²) in [6.07, 6.45) is 1.01. The average Bonchev–Trinajstić information content (AvgIpc) is 3.08. The highest BCUT2D eigenvalue weighted by atomic mass is 19.3. The van der Waals surface area contributed by atoms with Crippen molar-refractivity contribution in [3.8, 4) is 0 Å². The maximum atomic E-state index is 12.5. The molecule has 1 aromatic rings. The number of aliphatic hydroxyl groups is 1. The standard InChI is InChI=1S/C14H21F2N3O2/c15-13(16)10-18-6-2-4-12(18)14(21)19(7-8-20)9-11-3-1-5-17-11/h2,4,6,11,13,17,20H,1,3,5,7-10H2. The number of nitrogens with zero attached hydrogens (tertiary/aromatic N) is 2. The third kappa shape index (κ3) is 4.25. The molecule has 1 unspecified atom stereocenters. The van der Waals surface area contributed by atoms with E-state index in [1.807, 2.05) is 0 Å². The van der Waals surface area contributed by atoms with E-state index in [-0.39, 0.29) is 30.8 Å². The molecule has 1 saturated heterocycles. The minimum absolute atomic E-state index is 0.145. The number of hydrogen-bond acceptors (Lipinski definition) is 3. The summed E-state index contributed by atoms with van der Waals surface area (Å²) in [6, 6.07) is 3.33. The van der Waals surface area contributed by atoms with E-state index in [1.54, 1.807) is 6.07 Å². The Morgan fingerprint density at radius 3 is 3.00 bits per heavy atom. The van der Waals surface area contributed by atoms with Gasteiger partial charge in [0.25, 0.3) is 12.3 Å². The van der Waals surface area contributed by atoms with Gasteiger partial charge in [-0.25, -0.2) is 8.78 Å². The Labute approximate surface area is 122 Å². The molecule has 0 radical (unpaired) electrons. The molecule has 2 N–H and O–H groups in total. The Balaban J connectivity index is 2.08. The summed E-state index contributed by atoms with van der Waals surface area (Å²) in [7, 11) is 0. The topological polar surface area (TPSA) is 57.5 Å². The second-order valence-electron chi connectivity index (χ2n) is 5.20. The highest BCUT2D eigenvalue weighted by Gasteiger charge is 2.24. The van der Waals surface area contributed by atoms with Crippen LogP contribution in [0.2, 0.25) is 0 Å². The molecular formula is C14H21F2N3O2. The largest absolute Gasteiger partial charge is 0.395 e. The van der Waals surface area contributed by atoms with Crippen molar-refractivity contribution in [2.24, 2.45) is 0 Å². The van der Waals surface area contributed by atoms with E-state index in [0.717, 1.165) is 19.4 Å². The van der Waals surface area contributed by atoms with Crippen molar-refractivity contribution in [1.82, 2.24) is 14.8 Å². The van der Waals surface area contributed by atoms with Crippen LogP contribution in [0.25, 0.3) is 0 Å². The van der Waals surface area contributed by atoms with Gasteiger partial charge in [0.05, 0.1) is 13.2 Å². The molecule has 0 aliphatic carbocycles. The van der Waals surface area contributed by atoms with Crippen LogP contribution in [-0.2, 0) is 6.54 Å². The Bertz CT molecular complexity index is 459. The molecule has 21 heavy (non-hydrogen) atoms. The molecule has 0 aromatic carbocycles. The van der Waals surface area contributed by atoms with Crippen molar-refractivity contribution < 1.29 is 18.7 Å². The van der Waals surface area contributed by atoms with Gasteiger partial charge < -0.3 is 19.9 Å². The van der Waals surface area contributed by atoms with E-state index in [4.69, 9.17) is 5.11 Å². The lowest BCUT2D eigenvalue weighted by molar-refractivity contribution is 0.0686. The fourth-order valence-corrected chi connectivity index (χ4v) is 2.65. The Morgan fingerprint density at radius 1 is 1.57 bits per heavy atom. The molecule has 0 bridgehead atoms. The number of rotatable bonds is 7. The van der Waals surface area contributed by atoms with Crippen LogP contribution in [0.4, 0.5) is 8.78 Å². The lowest BCUT2D eigenvalue weighted by Crippen LogP contribution is -2.43. The van der Waals surface area contributed by atoms with E-state index >= 15 is 0 Å². The van der Waals surface area contributed by atoms with E-state index in [0.29, 0.717) is 6.54 Å². The molecule has 5 nitrogen and oxygen atoms in total. The number of amides is 1. The van der Waals surface area contributed by atoms with Crippen LogP contribution in [0.5, 0.6) is 0 Å². The summed E-state index contributed by atoms with van der Waals surface area (Å²) in [5, 5.41) is 12.4. The fourth-order valence-electron chi connectivity index (χ4n) is 2.65. The first kappa shape index (κ1) is 15.9. The predicted molar refractivity (Wildman–Crippen MR) is 74.5 cm³/mol. The Kier molecular flexibility index (Phi) is 5.69. The van der Waals surface area contributed by atoms with Crippen molar-refractivity contribution >= 4 is 5.91 Å². The van der Waals surface area contributed by atoms with Gasteiger partial charge in [-0.3, -0.25) is 4.79 Å². The number of hydrogen-bond donors (Lipinski definition) is 2. The quantitative estimate of drug-likeness (QED) is 0.788. The summed E-state index contributed by atoms with van der Waals surface area (Å²) in [5.74, 6) is -0.316. The van der Waals surface area contributed by atoms with Crippen molar-refractivity contribution in [3.05, 3.63) is 24.0 Å². The normalized spacial score (nSPS) is 18.4. The third-order valence-corrected chi connectivity index (χ3v) is 3.64. The van der Waals surface area contributed by atoms with Gasteiger partial charge >= 0.3 is 0 Å². The van der Waals surface area contributed by atoms with E-state index in [9.17, 15) is 13.6 Å². The van der Waals surface area contributed by atoms with Gasteiger partial charge in [0.2, 0.25) is 0 Å². The van der Waals surface area contributed by atoms with Crippen LogP contribution in [0.3, 0.4) is 0 Å². The summed E-state index contributed by atoms with van der Waals surface area (Å²) in [5.41, 5.74) is 0.238. The first-order valence-electron chi connectivity index (χ1n) is 7.18. The first-order valence-corrected chi connectivity index (χ1v) is 7.18. The van der Waals surface area contributed by atoms with Crippen molar-refractivity contribution in [2.45, 2.75) is 31.9 Å². The summed E-state index contributed by atoms with van der Waals surface area (Å²) >= 11 is 0. The number of nitrogens with one attached hydrogen (secondary N) is 1. The molecule has 2 rings (SSSR count). The molecule has 1 amide bonds. The van der Waals surface area contributed by atoms with Gasteiger partial charge in [-0.2, -0.15) is 0 Å². The van der Waals surface area contributed by atoms with Crippen LogP contribution in [0.15, 0.2) is 18.3 Å². The van der Waals surface area contributed by atoms with Crippen LogP contribution >= 0.6 is 0 Å². The van der Waals surface area contributed by atoms with Crippen molar-refractivity contribution in [1.29, 1.82) is 0 Å². The zero-order chi connectivity index (χ0) is 15.2. The lowest BCUT2D eigenvalue weighted by atomic mass is 10.2. The second-order valence-corrected chi connectivity index (χ2v) is 5.20. The molecule has 1 fully saturated rings. The Hall–Kier alpha value is -1.47. The molecule has 1 aromatic heterocycles. The first-order chi connectivity index (χ1) is 10.1. The molecule has 1 aliphatic heterocycles. The van der Waals surface area contributed by atoms with E-state index < -0.39 is 13.0 Å². The third-order valence-electron chi connectivity index (χ3n) is 3.64. The van der Waals surface area contributed by atoms with Crippen molar-refractivity contribution in [3.63, 3.8) is 0 Å². The zero-order valence-corrected chi connectivity index (χ0v) is 11.8. The number of carbonyl (C=O) groups is 1. The van der Waals surface area contributed by atoms with Gasteiger partial charge in [-0.1, -0.05) is 0 Å². The molecule has 1 aliphatic rings. The molecule has 7 heteroatoms. The van der Waals surface area contributed by atoms with Gasteiger partial charge in [0, 0.05) is 25.3 Å². The molecule has 118 valence electrons. The van der Waals surface area contributed by atoms with E-state index in [1.165, 1.54) is 21.7 Å². The van der Waals surface area contributed by atoms with Gasteiger partial charge in [0.1, 0.15) is 5.69 Å². The highest BCUT2D eigenvalue weighted by molar-refractivity contribution is 5.92. The summed E-state index contributed by atoms with van der Waals surface area (Å²) < 4.78 is 26.3. The number of aliphatic hydroxyl groups excluding tert-OH is 1. The van der Waals surface area contributed by atoms with Gasteiger partial charge in [-0.05, 0) is 31.5 Å². The SMILES string of the molecule is O=C(c1cccn1CC(F)F)N(CCO)CC1CCCN1. The zero-order valence-electron chi connectivity index (χ0n) is 11.8. The maximum absolute atomic E-state index is 12.5. The number of halogens is 2. The highest BCUT2D eigenvalue weighted by Crippen LogP contribution is 2.12. The fraction of sp³-hybridized carbons (Fsp3) is 0.643. The molecular weight excluding hydrogens is 280 g/mol. The van der Waals surface area contributed by atoms with Gasteiger partial charge in [-0.15, -0.1) is 0 Å². The monoisotopic (exact) mass is 301 g/mol. The molecule has 2 heterocycles. The van der Waals surface area contributed by atoms with Crippen LogP contribution < -0.4 is 5.32 Å². The minimum Gasteiger partial charge on any atom is -0.395 e. The average molecular weight is 301 g/mol. The number of carbonyl (C=O) groups excluding carboxylic acids is 1. The molecule has 0 spiro atoms. The maximum Gasteiger partial charge on any atom is 0.270 e. The van der Waals surface area contributed by atoms with Gasteiger partial charge in [0.15, 0.2) is 0 Å². The smallest absolute Gasteiger partial charge is 0.270 e. The summed E-state index contributed by atoms with van der Waals surface area (Å²) in [6.45, 7) is 0.973. The number of alkyl halides is 2. The van der Waals surface area contributed by atoms with Crippen LogP contribution in [0, 0.1) is 0 Å². The Morgan fingerprint density at radius 2 is 2.38 bits per heavy atom. The molecule has 1 atom stereocenters. The van der Waals surface area contributed by atoms with E-state index in [2.05, 4.69) is 5.32 Å². The number of aromatic nitrogens is 1. The van der Waals surface area contributed by atoms with Crippen LogP contribution in [0.1, 0.15) is 23.3 Å².